The van der Waals surface area contributed by atoms with Crippen LogP contribution in [-0.4, -0.2) is 11.6 Å². The highest BCUT2D eigenvalue weighted by Crippen LogP contribution is 2.34. The fourth-order valence-electron chi connectivity index (χ4n) is 1.91. The van der Waals surface area contributed by atoms with Gasteiger partial charge in [0.2, 0.25) is 0 Å². The molecule has 4 heteroatoms. The van der Waals surface area contributed by atoms with Crippen LogP contribution in [0.3, 0.4) is 0 Å². The van der Waals surface area contributed by atoms with E-state index >= 15 is 0 Å². The second-order valence-corrected chi connectivity index (χ2v) is 4.58. The van der Waals surface area contributed by atoms with Crippen molar-refractivity contribution in [3.8, 4) is 0 Å². The Morgan fingerprint density at radius 1 is 1.22 bits per heavy atom. The number of carbonyl (C=O) groups is 2. The second-order valence-electron chi connectivity index (χ2n) is 3.72. The molecule has 0 heterocycles. The maximum atomic E-state index is 12.3. The van der Waals surface area contributed by atoms with E-state index in [1.165, 1.54) is 6.08 Å². The summed E-state index contributed by atoms with van der Waals surface area (Å²) in [6.07, 6.45) is 1.30. The molecule has 1 aliphatic carbocycles. The van der Waals surface area contributed by atoms with Gasteiger partial charge < -0.3 is 0 Å². The number of Topliss-reactive ketones (excluding diaryl/α,β-unsaturated/α-hetero) is 2. The van der Waals surface area contributed by atoms with E-state index in [1.807, 2.05) is 0 Å². The Bertz CT molecular complexity index is 639. The standard InChI is InChI=1S/C14H8Cl2O2/c1-3-8-11(7(2)15)14(18)9-5-4-6-10(16)12(9)13(8)17/h3-6H,1-2H2. The third-order valence-corrected chi connectivity index (χ3v) is 3.21. The minimum Gasteiger partial charge on any atom is -0.289 e. The van der Waals surface area contributed by atoms with Crippen LogP contribution in [0.5, 0.6) is 0 Å². The predicted molar refractivity (Wildman–Crippen MR) is 72.3 cm³/mol. The van der Waals surface area contributed by atoms with E-state index in [1.54, 1.807) is 18.2 Å². The Morgan fingerprint density at radius 3 is 2.44 bits per heavy atom. The fourth-order valence-corrected chi connectivity index (χ4v) is 2.36. The first-order chi connectivity index (χ1) is 8.49. The molecule has 2 rings (SSSR count). The fraction of sp³-hybridized carbons (Fsp3) is 0. The van der Waals surface area contributed by atoms with Crippen LogP contribution >= 0.6 is 23.2 Å². The SMILES string of the molecule is C=CC1=C(C(=C)Cl)C(=O)c2cccc(Cl)c2C1=O. The van der Waals surface area contributed by atoms with Gasteiger partial charge in [0.15, 0.2) is 11.6 Å². The lowest BCUT2D eigenvalue weighted by atomic mass is 9.84. The maximum Gasteiger partial charge on any atom is 0.196 e. The molecule has 0 fully saturated rings. The normalized spacial score (nSPS) is 14.6. The van der Waals surface area contributed by atoms with Crippen molar-refractivity contribution < 1.29 is 9.59 Å². The molecule has 0 saturated heterocycles. The molecule has 0 aromatic heterocycles. The van der Waals surface area contributed by atoms with E-state index in [0.29, 0.717) is 0 Å². The highest BCUT2D eigenvalue weighted by molar-refractivity contribution is 6.43. The first-order valence-corrected chi connectivity index (χ1v) is 5.84. The molecule has 2 nitrogen and oxygen atoms in total. The van der Waals surface area contributed by atoms with Gasteiger partial charge in [0.1, 0.15) is 0 Å². The number of allylic oxidation sites excluding steroid dienone is 4. The third kappa shape index (κ3) is 1.74. The molecular formula is C14H8Cl2O2. The summed E-state index contributed by atoms with van der Waals surface area (Å²) >= 11 is 11.8. The molecule has 0 amide bonds. The summed E-state index contributed by atoms with van der Waals surface area (Å²) in [5.41, 5.74) is 0.669. The topological polar surface area (TPSA) is 34.1 Å². The van der Waals surface area contributed by atoms with Gasteiger partial charge in [-0.3, -0.25) is 9.59 Å². The van der Waals surface area contributed by atoms with Crippen molar-refractivity contribution in [2.75, 3.05) is 0 Å². The van der Waals surface area contributed by atoms with Gasteiger partial charge in [0, 0.05) is 16.2 Å². The smallest absolute Gasteiger partial charge is 0.196 e. The van der Waals surface area contributed by atoms with E-state index in [4.69, 9.17) is 23.2 Å². The minimum atomic E-state index is -0.359. The molecule has 0 unspecified atom stereocenters. The van der Waals surface area contributed by atoms with Crippen LogP contribution in [0, 0.1) is 0 Å². The van der Waals surface area contributed by atoms with Gasteiger partial charge in [0.05, 0.1) is 16.2 Å². The average Bonchev–Trinajstić information content (AvgIpc) is 2.32. The molecule has 1 aromatic rings. The number of carbonyl (C=O) groups excluding carboxylic acids is 2. The summed E-state index contributed by atoms with van der Waals surface area (Å²) in [6.45, 7) is 7.04. The molecule has 0 bridgehead atoms. The second kappa shape index (κ2) is 4.56. The van der Waals surface area contributed by atoms with E-state index in [0.717, 1.165) is 0 Å². The van der Waals surface area contributed by atoms with Crippen molar-refractivity contribution >= 4 is 34.8 Å². The number of hydrogen-bond acceptors (Lipinski definition) is 2. The van der Waals surface area contributed by atoms with Crippen LogP contribution in [-0.2, 0) is 0 Å². The zero-order valence-electron chi connectivity index (χ0n) is 9.30. The summed E-state index contributed by atoms with van der Waals surface area (Å²) in [6, 6.07) is 4.72. The monoisotopic (exact) mass is 278 g/mol. The zero-order chi connectivity index (χ0) is 13.4. The summed E-state index contributed by atoms with van der Waals surface area (Å²) in [4.78, 5) is 24.5. The minimum absolute atomic E-state index is 0.0221. The average molecular weight is 279 g/mol. The molecular weight excluding hydrogens is 271 g/mol. The van der Waals surface area contributed by atoms with Gasteiger partial charge in [-0.25, -0.2) is 0 Å². The van der Waals surface area contributed by atoms with Gasteiger partial charge in [-0.05, 0) is 6.07 Å². The quantitative estimate of drug-likeness (QED) is 0.821. The molecule has 0 N–H and O–H groups in total. The van der Waals surface area contributed by atoms with Crippen LogP contribution in [0.2, 0.25) is 5.02 Å². The maximum absolute atomic E-state index is 12.3. The molecule has 0 spiro atoms. The Hall–Kier alpha value is -1.64. The van der Waals surface area contributed by atoms with E-state index in [2.05, 4.69) is 13.2 Å². The van der Waals surface area contributed by atoms with E-state index < -0.39 is 0 Å². The molecule has 1 aliphatic rings. The lowest BCUT2D eigenvalue weighted by molar-refractivity contribution is 0.0980. The van der Waals surface area contributed by atoms with E-state index in [9.17, 15) is 9.59 Å². The lowest BCUT2D eigenvalue weighted by Gasteiger charge is -2.19. The number of hydrogen-bond donors (Lipinski definition) is 0. The van der Waals surface area contributed by atoms with Gasteiger partial charge in [-0.15, -0.1) is 0 Å². The van der Waals surface area contributed by atoms with Crippen LogP contribution < -0.4 is 0 Å². The highest BCUT2D eigenvalue weighted by Gasteiger charge is 2.33. The molecule has 0 atom stereocenters. The molecule has 90 valence electrons. The number of rotatable bonds is 2. The summed E-state index contributed by atoms with van der Waals surface area (Å²) < 4.78 is 0. The van der Waals surface area contributed by atoms with Crippen molar-refractivity contribution in [3.05, 3.63) is 69.8 Å². The number of halogens is 2. The molecule has 0 saturated carbocycles. The van der Waals surface area contributed by atoms with Crippen molar-refractivity contribution in [3.63, 3.8) is 0 Å². The van der Waals surface area contributed by atoms with Crippen molar-refractivity contribution in [1.82, 2.24) is 0 Å². The Kier molecular flexibility index (Phi) is 3.24. The highest BCUT2D eigenvalue weighted by atomic mass is 35.5. The number of ketones is 2. The number of fused-ring (bicyclic) bond motifs is 1. The third-order valence-electron chi connectivity index (χ3n) is 2.70. The van der Waals surface area contributed by atoms with Crippen LogP contribution in [0.1, 0.15) is 20.7 Å². The summed E-state index contributed by atoms with van der Waals surface area (Å²) in [5.74, 6) is -0.719. The van der Waals surface area contributed by atoms with Gasteiger partial charge in [-0.1, -0.05) is 54.6 Å². The molecule has 0 aliphatic heterocycles. The summed E-state index contributed by atoms with van der Waals surface area (Å²) in [7, 11) is 0. The van der Waals surface area contributed by atoms with Crippen LogP contribution in [0.4, 0.5) is 0 Å². The van der Waals surface area contributed by atoms with Crippen molar-refractivity contribution in [1.29, 1.82) is 0 Å². The Morgan fingerprint density at radius 2 is 1.89 bits per heavy atom. The largest absolute Gasteiger partial charge is 0.289 e. The molecule has 0 radical (unpaired) electrons. The van der Waals surface area contributed by atoms with Crippen molar-refractivity contribution in [2.45, 2.75) is 0 Å². The number of benzene rings is 1. The first-order valence-electron chi connectivity index (χ1n) is 5.08. The van der Waals surface area contributed by atoms with Gasteiger partial charge >= 0.3 is 0 Å². The lowest BCUT2D eigenvalue weighted by Crippen LogP contribution is -2.21. The van der Waals surface area contributed by atoms with Crippen LogP contribution in [0.15, 0.2) is 53.6 Å². The summed E-state index contributed by atoms with van der Waals surface area (Å²) in [5, 5.41) is 0.262. The van der Waals surface area contributed by atoms with Crippen molar-refractivity contribution in [2.24, 2.45) is 0 Å². The van der Waals surface area contributed by atoms with Gasteiger partial charge in [0.25, 0.3) is 0 Å². The molecule has 18 heavy (non-hydrogen) atoms. The molecule has 1 aromatic carbocycles. The Balaban J connectivity index is 2.83. The van der Waals surface area contributed by atoms with Crippen LogP contribution in [0.25, 0.3) is 0 Å². The zero-order valence-corrected chi connectivity index (χ0v) is 10.8. The van der Waals surface area contributed by atoms with Gasteiger partial charge in [-0.2, -0.15) is 0 Å². The van der Waals surface area contributed by atoms with E-state index in [-0.39, 0.29) is 43.9 Å². The Labute approximate surface area is 114 Å². The predicted octanol–water partition coefficient (Wildman–Crippen LogP) is 3.95. The first kappa shape index (κ1) is 12.8.